The first-order chi connectivity index (χ1) is 18.2. The molecule has 4 aromatic rings. The molecule has 0 unspecified atom stereocenters. The third kappa shape index (κ3) is 10.1. The largest absolute Gasteiger partial charge is 0.506 e. The van der Waals surface area contributed by atoms with Crippen molar-refractivity contribution in [2.45, 2.75) is 0 Å². The molecule has 6 nitrogen and oxygen atoms in total. The molecule has 205 valence electrons. The van der Waals surface area contributed by atoms with Crippen LogP contribution in [-0.2, 0) is 16.8 Å². The number of aliphatic imine (C=N–C) groups is 2. The minimum Gasteiger partial charge on any atom is -0.506 e. The zero-order valence-electron chi connectivity index (χ0n) is 20.5. The first kappa shape index (κ1) is 33.1. The summed E-state index contributed by atoms with van der Waals surface area (Å²) in [5.41, 5.74) is 2.85. The summed E-state index contributed by atoms with van der Waals surface area (Å²) in [7, 11) is 3.24. The van der Waals surface area contributed by atoms with Crippen LogP contribution in [0.15, 0.2) is 101 Å². The molecule has 39 heavy (non-hydrogen) atoms. The van der Waals surface area contributed by atoms with Crippen LogP contribution in [0.3, 0.4) is 0 Å². The minimum absolute atomic E-state index is 0. The number of hydrogen-bond donors (Lipinski definition) is 2. The molecule has 0 aliphatic carbocycles. The molecule has 0 bridgehead atoms. The van der Waals surface area contributed by atoms with Gasteiger partial charge >= 0.3 is 0 Å². The van der Waals surface area contributed by atoms with E-state index in [1.807, 2.05) is 48.5 Å². The molecule has 0 amide bonds. The van der Waals surface area contributed by atoms with E-state index in [1.165, 1.54) is 0 Å². The number of phenols is 2. The van der Waals surface area contributed by atoms with Crippen LogP contribution in [0.5, 0.6) is 23.0 Å². The average Bonchev–Trinajstić information content (AvgIpc) is 2.92. The van der Waals surface area contributed by atoms with Gasteiger partial charge in [-0.05, 0) is 105 Å². The molecule has 0 aromatic heterocycles. The van der Waals surface area contributed by atoms with Crippen LogP contribution in [0.4, 0.5) is 11.4 Å². The fourth-order valence-corrected chi connectivity index (χ4v) is 5.51. The predicted octanol–water partition coefficient (Wildman–Crippen LogP) is 9.35. The van der Waals surface area contributed by atoms with Crippen molar-refractivity contribution in [2.24, 2.45) is 9.98 Å². The number of aromatic hydroxyl groups is 2. The summed E-state index contributed by atoms with van der Waals surface area (Å²) < 4.78 is 13.1. The molecule has 0 spiro atoms. The Morgan fingerprint density at radius 2 is 0.923 bits per heavy atom. The van der Waals surface area contributed by atoms with E-state index >= 15 is 0 Å². The number of rotatable bonds is 6. The van der Waals surface area contributed by atoms with Gasteiger partial charge in [-0.2, -0.15) is 0 Å². The predicted molar refractivity (Wildman–Crippen MR) is 168 cm³/mol. The molecule has 0 fully saturated rings. The third-order valence-corrected chi connectivity index (χ3v) is 7.09. The van der Waals surface area contributed by atoms with E-state index in [-0.39, 0.29) is 28.3 Å². The maximum Gasteiger partial charge on any atom is 0.138 e. The Hall–Kier alpha value is -2.15. The van der Waals surface area contributed by atoms with Crippen molar-refractivity contribution >= 4 is 87.5 Å². The van der Waals surface area contributed by atoms with Gasteiger partial charge in [-0.25, -0.2) is 0 Å². The van der Waals surface area contributed by atoms with Crippen molar-refractivity contribution in [1.29, 1.82) is 0 Å². The molecule has 0 atom stereocenters. The van der Waals surface area contributed by atoms with Crippen LogP contribution in [0.25, 0.3) is 0 Å². The second-order valence-corrected chi connectivity index (χ2v) is 11.1. The number of hydrogen-bond acceptors (Lipinski definition) is 6. The number of nitrogens with zero attached hydrogens (tertiary/aromatic N) is 2. The van der Waals surface area contributed by atoms with E-state index in [2.05, 4.69) is 73.7 Å². The fraction of sp³-hybridized carbons (Fsp3) is 0.0714. The zero-order valence-corrected chi connectivity index (χ0v) is 27.9. The Kier molecular flexibility index (Phi) is 13.7. The van der Waals surface area contributed by atoms with Crippen molar-refractivity contribution in [3.63, 3.8) is 0 Å². The maximum absolute atomic E-state index is 9.90. The topological polar surface area (TPSA) is 83.6 Å². The summed E-state index contributed by atoms with van der Waals surface area (Å²) >= 11 is 13.3. The summed E-state index contributed by atoms with van der Waals surface area (Å²) in [5, 5.41) is 19.8. The van der Waals surface area contributed by atoms with Crippen LogP contribution in [0, 0.1) is 0 Å². The Morgan fingerprint density at radius 3 is 1.23 bits per heavy atom. The van der Waals surface area contributed by atoms with Crippen molar-refractivity contribution in [2.75, 3.05) is 14.2 Å². The van der Waals surface area contributed by atoms with Crippen molar-refractivity contribution in [3.8, 4) is 23.0 Å². The Labute approximate surface area is 270 Å². The van der Waals surface area contributed by atoms with Crippen LogP contribution in [-0.4, -0.2) is 36.9 Å². The molecule has 0 aliphatic heterocycles. The monoisotopic (exact) mass is 825 g/mol. The summed E-state index contributed by atoms with van der Waals surface area (Å²) in [6, 6.07) is 21.9. The number of methoxy groups -OCH3 is 2. The van der Waals surface area contributed by atoms with Gasteiger partial charge in [-0.1, -0.05) is 31.9 Å². The number of ether oxygens (including phenoxy) is 2. The standard InChI is InChI=1S/2C14H11Br2NO2.Co/c2*1-19-12-4-2-11(3-5-12)17-8-9-6-10(15)7-13(16)14(9)18;/h2*2-8,18H,1H3;. The smallest absolute Gasteiger partial charge is 0.138 e. The van der Waals surface area contributed by atoms with Gasteiger partial charge in [0.25, 0.3) is 0 Å². The van der Waals surface area contributed by atoms with Gasteiger partial charge in [0.15, 0.2) is 0 Å². The van der Waals surface area contributed by atoms with Gasteiger partial charge in [0.1, 0.15) is 23.0 Å². The second-order valence-electron chi connectivity index (χ2n) is 7.56. The van der Waals surface area contributed by atoms with Gasteiger partial charge in [-0.15, -0.1) is 0 Å². The molecule has 0 saturated heterocycles. The normalized spacial score (nSPS) is 10.6. The van der Waals surface area contributed by atoms with Crippen molar-refractivity contribution in [1.82, 2.24) is 0 Å². The number of phenolic OH excluding ortho intramolecular Hbond substituents is 2. The van der Waals surface area contributed by atoms with Crippen LogP contribution in [0.2, 0.25) is 0 Å². The van der Waals surface area contributed by atoms with E-state index in [0.29, 0.717) is 20.1 Å². The second kappa shape index (κ2) is 16.2. The van der Waals surface area contributed by atoms with Gasteiger partial charge in [0, 0.05) is 49.3 Å². The Bertz CT molecular complexity index is 1340. The Balaban J connectivity index is 0.000000267. The van der Waals surface area contributed by atoms with Crippen LogP contribution >= 0.6 is 63.7 Å². The van der Waals surface area contributed by atoms with Crippen molar-refractivity contribution in [3.05, 3.63) is 102 Å². The molecule has 0 heterocycles. The third-order valence-electron chi connectivity index (χ3n) is 4.97. The Morgan fingerprint density at radius 1 is 0.590 bits per heavy atom. The van der Waals surface area contributed by atoms with E-state index in [1.54, 1.807) is 50.9 Å². The zero-order chi connectivity index (χ0) is 27.7. The summed E-state index contributed by atoms with van der Waals surface area (Å²) in [5.74, 6) is 1.90. The first-order valence-corrected chi connectivity index (χ1v) is 14.1. The summed E-state index contributed by atoms with van der Waals surface area (Å²) in [6.45, 7) is 0. The van der Waals surface area contributed by atoms with Gasteiger partial charge in [-0.3, -0.25) is 9.98 Å². The van der Waals surface area contributed by atoms with E-state index in [0.717, 1.165) is 31.8 Å². The average molecular weight is 829 g/mol. The van der Waals surface area contributed by atoms with E-state index in [9.17, 15) is 10.2 Å². The van der Waals surface area contributed by atoms with Gasteiger partial charge < -0.3 is 19.7 Å². The molecule has 11 heteroatoms. The molecule has 2 N–H and O–H groups in total. The van der Waals surface area contributed by atoms with E-state index in [4.69, 9.17) is 9.47 Å². The summed E-state index contributed by atoms with van der Waals surface area (Å²) in [6.07, 6.45) is 3.24. The number of halogens is 4. The summed E-state index contributed by atoms with van der Waals surface area (Å²) in [4.78, 5) is 8.63. The number of benzene rings is 4. The molecular formula is C28H22Br4CoN2O4. The fourth-order valence-electron chi connectivity index (χ4n) is 2.99. The molecule has 4 rings (SSSR count). The van der Waals surface area contributed by atoms with Crippen LogP contribution in [0.1, 0.15) is 11.1 Å². The van der Waals surface area contributed by atoms with Crippen molar-refractivity contribution < 1.29 is 36.5 Å². The molecule has 1 radical (unpaired) electrons. The molecule has 4 aromatic carbocycles. The molecule has 0 aliphatic rings. The van der Waals surface area contributed by atoms with Gasteiger partial charge in [0.2, 0.25) is 0 Å². The maximum atomic E-state index is 9.90. The SMILES string of the molecule is COc1ccc(N=Cc2cc(Br)cc(Br)c2O)cc1.COc1ccc(N=Cc2cc(Br)cc(Br)c2O)cc1.[Co]. The quantitative estimate of drug-likeness (QED) is 0.190. The van der Waals surface area contributed by atoms with Crippen LogP contribution < -0.4 is 9.47 Å². The minimum atomic E-state index is 0. The van der Waals surface area contributed by atoms with Gasteiger partial charge in [0.05, 0.1) is 34.5 Å². The first-order valence-electron chi connectivity index (χ1n) is 10.9. The van der Waals surface area contributed by atoms with E-state index < -0.39 is 0 Å². The molecule has 0 saturated carbocycles. The molecular weight excluding hydrogens is 807 g/mol.